The quantitative estimate of drug-likeness (QED) is 0.823. The number of carbonyl (C=O) groups excluding carboxylic acids is 1. The van der Waals surface area contributed by atoms with E-state index in [0.29, 0.717) is 36.5 Å². The van der Waals surface area contributed by atoms with Gasteiger partial charge < -0.3 is 9.32 Å². The maximum absolute atomic E-state index is 12.6. The fourth-order valence-corrected chi connectivity index (χ4v) is 3.86. The summed E-state index contributed by atoms with van der Waals surface area (Å²) in [6.45, 7) is 3.10. The molecule has 0 N–H and O–H groups in total. The SMILES string of the molecule is Cc1nc2ccc(S(=O)(=O)N(C)CCN3CCCC3=O)cc2o1. The molecule has 8 heteroatoms. The molecular formula is C15H19N3O4S. The second kappa shape index (κ2) is 5.93. The van der Waals surface area contributed by atoms with Crippen LogP contribution in [0.4, 0.5) is 0 Å². The summed E-state index contributed by atoms with van der Waals surface area (Å²) in [7, 11) is -2.10. The topological polar surface area (TPSA) is 83.7 Å². The van der Waals surface area contributed by atoms with Gasteiger partial charge in [-0.05, 0) is 18.6 Å². The average Bonchev–Trinajstić information content (AvgIpc) is 3.08. The number of likely N-dealkylation sites (N-methyl/N-ethyl adjacent to an activating group) is 1. The summed E-state index contributed by atoms with van der Waals surface area (Å²) in [5, 5.41) is 0. The summed E-state index contributed by atoms with van der Waals surface area (Å²) in [6, 6.07) is 4.65. The zero-order valence-electron chi connectivity index (χ0n) is 13.2. The van der Waals surface area contributed by atoms with Crippen molar-refractivity contribution in [3.63, 3.8) is 0 Å². The Kier molecular flexibility index (Phi) is 4.11. The lowest BCUT2D eigenvalue weighted by molar-refractivity contribution is -0.127. The lowest BCUT2D eigenvalue weighted by Crippen LogP contribution is -2.36. The molecule has 0 atom stereocenters. The van der Waals surface area contributed by atoms with Crippen LogP contribution >= 0.6 is 0 Å². The minimum Gasteiger partial charge on any atom is -0.441 e. The minimum absolute atomic E-state index is 0.0920. The third kappa shape index (κ3) is 3.09. The van der Waals surface area contributed by atoms with Gasteiger partial charge >= 0.3 is 0 Å². The van der Waals surface area contributed by atoms with Gasteiger partial charge in [-0.2, -0.15) is 4.31 Å². The van der Waals surface area contributed by atoms with E-state index in [1.165, 1.54) is 23.5 Å². The molecule has 0 radical (unpaired) electrons. The molecule has 1 aromatic carbocycles. The van der Waals surface area contributed by atoms with Crippen LogP contribution in [0.5, 0.6) is 0 Å². The van der Waals surface area contributed by atoms with Crippen molar-refractivity contribution in [1.82, 2.24) is 14.2 Å². The van der Waals surface area contributed by atoms with Gasteiger partial charge in [-0.3, -0.25) is 4.79 Å². The first-order valence-corrected chi connectivity index (χ1v) is 8.93. The molecule has 124 valence electrons. The number of rotatable bonds is 5. The Morgan fingerprint density at radius 3 is 2.87 bits per heavy atom. The van der Waals surface area contributed by atoms with Crippen LogP contribution in [-0.2, 0) is 14.8 Å². The van der Waals surface area contributed by atoms with Crippen molar-refractivity contribution in [2.75, 3.05) is 26.7 Å². The molecule has 2 heterocycles. The summed E-state index contributed by atoms with van der Waals surface area (Å²) in [6.07, 6.45) is 1.40. The Morgan fingerprint density at radius 1 is 1.39 bits per heavy atom. The van der Waals surface area contributed by atoms with E-state index in [1.807, 2.05) is 0 Å². The lowest BCUT2D eigenvalue weighted by Gasteiger charge is -2.21. The Hall–Kier alpha value is -1.93. The highest BCUT2D eigenvalue weighted by atomic mass is 32.2. The number of aromatic nitrogens is 1. The van der Waals surface area contributed by atoms with Gasteiger partial charge in [0.2, 0.25) is 15.9 Å². The van der Waals surface area contributed by atoms with Gasteiger partial charge in [-0.1, -0.05) is 0 Å². The van der Waals surface area contributed by atoms with E-state index in [4.69, 9.17) is 4.42 Å². The zero-order valence-corrected chi connectivity index (χ0v) is 14.0. The molecular weight excluding hydrogens is 318 g/mol. The van der Waals surface area contributed by atoms with Crippen LogP contribution < -0.4 is 0 Å². The predicted molar refractivity (Wildman–Crippen MR) is 84.4 cm³/mol. The molecule has 0 spiro atoms. The van der Waals surface area contributed by atoms with E-state index in [-0.39, 0.29) is 17.3 Å². The molecule has 1 saturated heterocycles. The van der Waals surface area contributed by atoms with Crippen LogP contribution in [0.3, 0.4) is 0 Å². The number of hydrogen-bond donors (Lipinski definition) is 0. The molecule has 0 aliphatic carbocycles. The molecule has 2 aromatic rings. The number of oxazole rings is 1. The molecule has 1 aliphatic rings. The van der Waals surface area contributed by atoms with Gasteiger partial charge in [0.25, 0.3) is 0 Å². The molecule has 0 saturated carbocycles. The van der Waals surface area contributed by atoms with Gasteiger partial charge in [0.1, 0.15) is 5.52 Å². The van der Waals surface area contributed by atoms with Crippen LogP contribution in [0, 0.1) is 6.92 Å². The highest BCUT2D eigenvalue weighted by Gasteiger charge is 2.25. The second-order valence-corrected chi connectivity index (χ2v) is 7.72. The third-order valence-corrected chi connectivity index (χ3v) is 5.88. The number of nitrogens with zero attached hydrogens (tertiary/aromatic N) is 3. The van der Waals surface area contributed by atoms with Gasteiger partial charge in [0, 0.05) is 46.1 Å². The number of sulfonamides is 1. The zero-order chi connectivity index (χ0) is 16.6. The van der Waals surface area contributed by atoms with E-state index in [2.05, 4.69) is 4.98 Å². The summed E-state index contributed by atoms with van der Waals surface area (Å²) in [5.74, 6) is 0.588. The molecule has 0 unspecified atom stereocenters. The van der Waals surface area contributed by atoms with Gasteiger partial charge in [-0.25, -0.2) is 13.4 Å². The highest BCUT2D eigenvalue weighted by molar-refractivity contribution is 7.89. The van der Waals surface area contributed by atoms with E-state index < -0.39 is 10.0 Å². The summed E-state index contributed by atoms with van der Waals surface area (Å²) in [4.78, 5) is 17.6. The smallest absolute Gasteiger partial charge is 0.243 e. The first-order valence-electron chi connectivity index (χ1n) is 7.49. The van der Waals surface area contributed by atoms with E-state index in [1.54, 1.807) is 17.9 Å². The monoisotopic (exact) mass is 337 g/mol. The number of fused-ring (bicyclic) bond motifs is 1. The normalized spacial score (nSPS) is 16.0. The number of carbonyl (C=O) groups is 1. The maximum Gasteiger partial charge on any atom is 0.243 e. The van der Waals surface area contributed by atoms with Crippen molar-refractivity contribution in [2.45, 2.75) is 24.7 Å². The Labute approximate surface area is 134 Å². The number of amides is 1. The maximum atomic E-state index is 12.6. The minimum atomic E-state index is -3.62. The van der Waals surface area contributed by atoms with Gasteiger partial charge in [0.15, 0.2) is 11.5 Å². The fourth-order valence-electron chi connectivity index (χ4n) is 2.68. The number of hydrogen-bond acceptors (Lipinski definition) is 5. The Morgan fingerprint density at radius 2 is 2.17 bits per heavy atom. The third-order valence-electron chi connectivity index (χ3n) is 4.03. The first-order chi connectivity index (χ1) is 10.9. The number of benzene rings is 1. The largest absolute Gasteiger partial charge is 0.441 e. The predicted octanol–water partition coefficient (Wildman–Crippen LogP) is 1.38. The number of aryl methyl sites for hydroxylation is 1. The molecule has 1 aromatic heterocycles. The van der Waals surface area contributed by atoms with Crippen molar-refractivity contribution >= 4 is 27.0 Å². The lowest BCUT2D eigenvalue weighted by atomic mass is 10.3. The highest BCUT2D eigenvalue weighted by Crippen LogP contribution is 2.22. The molecule has 1 amide bonds. The van der Waals surface area contributed by atoms with Crippen molar-refractivity contribution in [3.8, 4) is 0 Å². The molecule has 3 rings (SSSR count). The Bertz CT molecular complexity index is 844. The van der Waals surface area contributed by atoms with Crippen molar-refractivity contribution in [2.24, 2.45) is 0 Å². The number of likely N-dealkylation sites (tertiary alicyclic amines) is 1. The molecule has 0 bridgehead atoms. The van der Waals surface area contributed by atoms with Crippen LogP contribution in [0.25, 0.3) is 11.1 Å². The molecule has 23 heavy (non-hydrogen) atoms. The van der Waals surface area contributed by atoms with E-state index >= 15 is 0 Å². The Balaban J connectivity index is 1.76. The average molecular weight is 337 g/mol. The molecule has 7 nitrogen and oxygen atoms in total. The van der Waals surface area contributed by atoms with Crippen LogP contribution in [0.2, 0.25) is 0 Å². The van der Waals surface area contributed by atoms with Crippen LogP contribution in [-0.4, -0.2) is 55.2 Å². The van der Waals surface area contributed by atoms with E-state index in [0.717, 1.165) is 6.42 Å². The van der Waals surface area contributed by atoms with Crippen LogP contribution in [0.1, 0.15) is 18.7 Å². The van der Waals surface area contributed by atoms with Gasteiger partial charge in [0.05, 0.1) is 4.90 Å². The molecule has 1 fully saturated rings. The standard InChI is InChI=1S/C15H19N3O4S/c1-11-16-13-6-5-12(10-14(13)22-11)23(20,21)17(2)8-9-18-7-3-4-15(18)19/h5-6,10H,3-4,7-9H2,1-2H3. The van der Waals surface area contributed by atoms with Crippen molar-refractivity contribution < 1.29 is 17.6 Å². The second-order valence-electron chi connectivity index (χ2n) is 5.67. The summed E-state index contributed by atoms with van der Waals surface area (Å²) >= 11 is 0. The van der Waals surface area contributed by atoms with Gasteiger partial charge in [-0.15, -0.1) is 0 Å². The summed E-state index contributed by atoms with van der Waals surface area (Å²) < 4.78 is 31.9. The summed E-state index contributed by atoms with van der Waals surface area (Å²) in [5.41, 5.74) is 1.08. The first kappa shape index (κ1) is 15.9. The van der Waals surface area contributed by atoms with E-state index in [9.17, 15) is 13.2 Å². The molecule has 1 aliphatic heterocycles. The van der Waals surface area contributed by atoms with Crippen LogP contribution in [0.15, 0.2) is 27.5 Å². The fraction of sp³-hybridized carbons (Fsp3) is 0.467. The van der Waals surface area contributed by atoms with Crippen molar-refractivity contribution in [1.29, 1.82) is 0 Å². The van der Waals surface area contributed by atoms with Crippen molar-refractivity contribution in [3.05, 3.63) is 24.1 Å².